The minimum absolute atomic E-state index is 0.0664. The Bertz CT molecular complexity index is 639. The van der Waals surface area contributed by atoms with Crippen LogP contribution in [0.5, 0.6) is 5.75 Å². The van der Waals surface area contributed by atoms with Crippen LogP contribution in [0.4, 0.5) is 0 Å². The smallest absolute Gasteiger partial charge is 0.251 e. The van der Waals surface area contributed by atoms with Gasteiger partial charge in [-0.1, -0.05) is 45.0 Å². The Kier molecular flexibility index (Phi) is 4.86. The Morgan fingerprint density at radius 2 is 1.77 bits per heavy atom. The maximum Gasteiger partial charge on any atom is 0.251 e. The summed E-state index contributed by atoms with van der Waals surface area (Å²) < 4.78 is 5.18. The highest BCUT2D eigenvalue weighted by atomic mass is 16.5. The second-order valence-electron chi connectivity index (χ2n) is 6.36. The molecule has 0 heterocycles. The summed E-state index contributed by atoms with van der Waals surface area (Å²) >= 11 is 0. The van der Waals surface area contributed by atoms with Crippen LogP contribution in [0, 0.1) is 0 Å². The van der Waals surface area contributed by atoms with E-state index in [4.69, 9.17) is 4.74 Å². The molecule has 0 atom stereocenters. The molecule has 0 saturated heterocycles. The highest BCUT2D eigenvalue weighted by Crippen LogP contribution is 2.22. The first-order chi connectivity index (χ1) is 10.4. The number of methoxy groups -OCH3 is 1. The number of benzene rings is 2. The molecule has 0 aliphatic heterocycles. The van der Waals surface area contributed by atoms with Gasteiger partial charge in [-0.05, 0) is 40.8 Å². The molecular formula is C19H23NO2. The lowest BCUT2D eigenvalue weighted by Crippen LogP contribution is -2.23. The molecule has 0 bridgehead atoms. The van der Waals surface area contributed by atoms with Crippen LogP contribution in [0.15, 0.2) is 48.5 Å². The number of nitrogens with one attached hydrogen (secondary N) is 1. The van der Waals surface area contributed by atoms with Gasteiger partial charge in [-0.2, -0.15) is 0 Å². The van der Waals surface area contributed by atoms with Gasteiger partial charge in [-0.3, -0.25) is 4.79 Å². The summed E-state index contributed by atoms with van der Waals surface area (Å²) in [4.78, 5) is 12.2. The van der Waals surface area contributed by atoms with Gasteiger partial charge < -0.3 is 10.1 Å². The van der Waals surface area contributed by atoms with Crippen molar-refractivity contribution in [1.29, 1.82) is 0 Å². The van der Waals surface area contributed by atoms with Crippen LogP contribution in [0.2, 0.25) is 0 Å². The van der Waals surface area contributed by atoms with E-state index in [1.54, 1.807) is 7.11 Å². The third-order valence-corrected chi connectivity index (χ3v) is 3.60. The van der Waals surface area contributed by atoms with E-state index in [0.29, 0.717) is 12.1 Å². The van der Waals surface area contributed by atoms with Crippen molar-refractivity contribution >= 4 is 5.91 Å². The average Bonchev–Trinajstić information content (AvgIpc) is 2.52. The van der Waals surface area contributed by atoms with E-state index < -0.39 is 0 Å². The molecule has 0 radical (unpaired) electrons. The Morgan fingerprint density at radius 1 is 1.09 bits per heavy atom. The standard InChI is InChI=1S/C19H23NO2/c1-19(2,3)16-10-8-15(9-11-16)18(21)20-13-14-6-5-7-17(12-14)22-4/h5-12H,13H2,1-4H3,(H,20,21). The van der Waals surface area contributed by atoms with Gasteiger partial charge in [0.1, 0.15) is 5.75 Å². The molecule has 0 unspecified atom stereocenters. The molecular weight excluding hydrogens is 274 g/mol. The topological polar surface area (TPSA) is 38.3 Å². The highest BCUT2D eigenvalue weighted by Gasteiger charge is 2.14. The van der Waals surface area contributed by atoms with Gasteiger partial charge in [-0.15, -0.1) is 0 Å². The first-order valence-electron chi connectivity index (χ1n) is 7.42. The van der Waals surface area contributed by atoms with Gasteiger partial charge in [0.25, 0.3) is 5.91 Å². The van der Waals surface area contributed by atoms with Crippen LogP contribution in [0.3, 0.4) is 0 Å². The molecule has 2 rings (SSSR count). The van der Waals surface area contributed by atoms with Crippen molar-refractivity contribution in [2.75, 3.05) is 7.11 Å². The minimum atomic E-state index is -0.0664. The Balaban J connectivity index is 2.00. The predicted molar refractivity (Wildman–Crippen MR) is 89.3 cm³/mol. The van der Waals surface area contributed by atoms with Gasteiger partial charge in [0, 0.05) is 12.1 Å². The van der Waals surface area contributed by atoms with Crippen molar-refractivity contribution in [1.82, 2.24) is 5.32 Å². The number of carbonyl (C=O) groups is 1. The summed E-state index contributed by atoms with van der Waals surface area (Å²) in [5.74, 6) is 0.726. The summed E-state index contributed by atoms with van der Waals surface area (Å²) in [6.07, 6.45) is 0. The molecule has 3 heteroatoms. The summed E-state index contributed by atoms with van der Waals surface area (Å²) in [5, 5.41) is 2.93. The zero-order valence-electron chi connectivity index (χ0n) is 13.6. The molecule has 1 N–H and O–H groups in total. The van der Waals surface area contributed by atoms with Gasteiger partial charge in [0.15, 0.2) is 0 Å². The van der Waals surface area contributed by atoms with Crippen LogP contribution in [-0.2, 0) is 12.0 Å². The van der Waals surface area contributed by atoms with Gasteiger partial charge >= 0.3 is 0 Å². The monoisotopic (exact) mass is 297 g/mol. The summed E-state index contributed by atoms with van der Waals surface area (Å²) in [5.41, 5.74) is 3.00. The lowest BCUT2D eigenvalue weighted by molar-refractivity contribution is 0.0951. The Morgan fingerprint density at radius 3 is 2.36 bits per heavy atom. The van der Waals surface area contributed by atoms with E-state index in [1.807, 2.05) is 48.5 Å². The normalized spacial score (nSPS) is 11.1. The molecule has 2 aromatic carbocycles. The fraction of sp³-hybridized carbons (Fsp3) is 0.316. The molecule has 1 amide bonds. The van der Waals surface area contributed by atoms with Gasteiger partial charge in [0.2, 0.25) is 0 Å². The molecule has 0 aromatic heterocycles. The molecule has 0 fully saturated rings. The number of rotatable bonds is 4. The first-order valence-corrected chi connectivity index (χ1v) is 7.42. The van der Waals surface area contributed by atoms with Crippen molar-refractivity contribution in [3.63, 3.8) is 0 Å². The lowest BCUT2D eigenvalue weighted by atomic mass is 9.87. The second kappa shape index (κ2) is 6.65. The van der Waals surface area contributed by atoms with Crippen LogP contribution < -0.4 is 10.1 Å². The van der Waals surface area contributed by atoms with Crippen LogP contribution in [-0.4, -0.2) is 13.0 Å². The van der Waals surface area contributed by atoms with Crippen molar-refractivity contribution < 1.29 is 9.53 Å². The third kappa shape index (κ3) is 4.10. The molecule has 2 aromatic rings. The van der Waals surface area contributed by atoms with E-state index in [2.05, 4.69) is 26.1 Å². The second-order valence-corrected chi connectivity index (χ2v) is 6.36. The zero-order chi connectivity index (χ0) is 16.2. The summed E-state index contributed by atoms with van der Waals surface area (Å²) in [6, 6.07) is 15.5. The Labute approximate surface area is 132 Å². The summed E-state index contributed by atoms with van der Waals surface area (Å²) in [6.45, 7) is 6.96. The zero-order valence-corrected chi connectivity index (χ0v) is 13.6. The average molecular weight is 297 g/mol. The molecule has 0 spiro atoms. The maximum absolute atomic E-state index is 12.2. The molecule has 0 aliphatic carbocycles. The number of hydrogen-bond acceptors (Lipinski definition) is 2. The molecule has 0 aliphatic rings. The van der Waals surface area contributed by atoms with E-state index in [-0.39, 0.29) is 11.3 Å². The third-order valence-electron chi connectivity index (χ3n) is 3.60. The van der Waals surface area contributed by atoms with Crippen LogP contribution >= 0.6 is 0 Å². The van der Waals surface area contributed by atoms with E-state index in [9.17, 15) is 4.79 Å². The molecule has 3 nitrogen and oxygen atoms in total. The van der Waals surface area contributed by atoms with Crippen molar-refractivity contribution in [3.05, 3.63) is 65.2 Å². The number of ether oxygens (including phenoxy) is 1. The molecule has 22 heavy (non-hydrogen) atoms. The van der Waals surface area contributed by atoms with Crippen molar-refractivity contribution in [2.24, 2.45) is 0 Å². The SMILES string of the molecule is COc1cccc(CNC(=O)c2ccc(C(C)(C)C)cc2)c1. The number of carbonyl (C=O) groups excluding carboxylic acids is 1. The minimum Gasteiger partial charge on any atom is -0.497 e. The number of hydrogen-bond donors (Lipinski definition) is 1. The largest absolute Gasteiger partial charge is 0.497 e. The fourth-order valence-electron chi connectivity index (χ4n) is 2.19. The van der Waals surface area contributed by atoms with Crippen LogP contribution in [0.25, 0.3) is 0 Å². The first kappa shape index (κ1) is 16.1. The van der Waals surface area contributed by atoms with E-state index in [0.717, 1.165) is 11.3 Å². The van der Waals surface area contributed by atoms with Crippen molar-refractivity contribution in [2.45, 2.75) is 32.7 Å². The predicted octanol–water partition coefficient (Wildman–Crippen LogP) is 3.92. The van der Waals surface area contributed by atoms with Gasteiger partial charge in [-0.25, -0.2) is 0 Å². The van der Waals surface area contributed by atoms with E-state index >= 15 is 0 Å². The maximum atomic E-state index is 12.2. The quantitative estimate of drug-likeness (QED) is 0.928. The highest BCUT2D eigenvalue weighted by molar-refractivity contribution is 5.94. The molecule has 0 saturated carbocycles. The van der Waals surface area contributed by atoms with Crippen molar-refractivity contribution in [3.8, 4) is 5.75 Å². The lowest BCUT2D eigenvalue weighted by Gasteiger charge is -2.19. The summed E-state index contributed by atoms with van der Waals surface area (Å²) in [7, 11) is 1.63. The van der Waals surface area contributed by atoms with E-state index in [1.165, 1.54) is 5.56 Å². The fourth-order valence-corrected chi connectivity index (χ4v) is 2.19. The molecule has 116 valence electrons. The van der Waals surface area contributed by atoms with Gasteiger partial charge in [0.05, 0.1) is 7.11 Å². The Hall–Kier alpha value is -2.29. The van der Waals surface area contributed by atoms with Crippen LogP contribution in [0.1, 0.15) is 42.3 Å². The number of amides is 1.